The Kier molecular flexibility index (Phi) is 6.62. The molecular weight excluding hydrogens is 348 g/mol. The molecule has 1 aliphatic heterocycles. The number of ether oxygens (including phenoxy) is 1. The maximum absolute atomic E-state index is 13.2. The first kappa shape index (κ1) is 21.0. The summed E-state index contributed by atoms with van der Waals surface area (Å²) in [6, 6.07) is 8.26. The Hall–Kier alpha value is -1.26. The van der Waals surface area contributed by atoms with E-state index in [1.165, 1.54) is 0 Å². The fourth-order valence-corrected chi connectivity index (χ4v) is 4.22. The molecule has 146 valence electrons. The van der Waals surface area contributed by atoms with Gasteiger partial charge in [0.05, 0.1) is 12.0 Å². The number of hydrogen-bond acceptors (Lipinski definition) is 3. The first-order chi connectivity index (χ1) is 11.8. The average molecular weight is 381 g/mol. The van der Waals surface area contributed by atoms with Crippen LogP contribution in [0.4, 0.5) is 0 Å². The first-order valence-corrected chi connectivity index (χ1v) is 9.57. The minimum Gasteiger partial charge on any atom is -0.493 e. The van der Waals surface area contributed by atoms with Crippen LogP contribution < -0.4 is 10.5 Å². The van der Waals surface area contributed by atoms with Gasteiger partial charge in [0.2, 0.25) is 5.91 Å². The van der Waals surface area contributed by atoms with Crippen molar-refractivity contribution in [1.82, 2.24) is 4.90 Å². The van der Waals surface area contributed by atoms with E-state index in [1.807, 2.05) is 43.0 Å². The second kappa shape index (κ2) is 8.18. The lowest BCUT2D eigenvalue weighted by Crippen LogP contribution is -2.43. The maximum atomic E-state index is 13.2. The molecule has 2 N–H and O–H groups in total. The highest BCUT2D eigenvalue weighted by molar-refractivity contribution is 5.87. The van der Waals surface area contributed by atoms with E-state index in [9.17, 15) is 4.79 Å². The van der Waals surface area contributed by atoms with E-state index in [2.05, 4.69) is 13.8 Å². The molecule has 4 nitrogen and oxygen atoms in total. The number of rotatable bonds is 5. The van der Waals surface area contributed by atoms with E-state index in [0.29, 0.717) is 24.4 Å². The summed E-state index contributed by atoms with van der Waals surface area (Å²) in [4.78, 5) is 15.2. The Balaban J connectivity index is 0.00000243. The van der Waals surface area contributed by atoms with Crippen molar-refractivity contribution in [2.75, 3.05) is 19.7 Å². The Morgan fingerprint density at radius 2 is 1.88 bits per heavy atom. The molecule has 5 heteroatoms. The van der Waals surface area contributed by atoms with Crippen LogP contribution in [0.15, 0.2) is 24.3 Å². The Morgan fingerprint density at radius 3 is 2.46 bits per heavy atom. The zero-order valence-corrected chi connectivity index (χ0v) is 17.2. The number of fused-ring (bicyclic) bond motifs is 1. The highest BCUT2D eigenvalue weighted by Crippen LogP contribution is 2.39. The number of amides is 1. The van der Waals surface area contributed by atoms with Gasteiger partial charge in [0.15, 0.2) is 0 Å². The van der Waals surface area contributed by atoms with Gasteiger partial charge >= 0.3 is 0 Å². The summed E-state index contributed by atoms with van der Waals surface area (Å²) in [6.07, 6.45) is 2.27. The van der Waals surface area contributed by atoms with Crippen molar-refractivity contribution in [2.45, 2.75) is 52.0 Å². The molecule has 2 fully saturated rings. The Bertz CT molecular complexity index is 615. The average Bonchev–Trinajstić information content (AvgIpc) is 3.15. The van der Waals surface area contributed by atoms with Gasteiger partial charge in [-0.25, -0.2) is 0 Å². The van der Waals surface area contributed by atoms with E-state index in [-0.39, 0.29) is 24.4 Å². The summed E-state index contributed by atoms with van der Waals surface area (Å²) in [7, 11) is 0. The molecule has 1 aliphatic carbocycles. The molecule has 1 saturated carbocycles. The highest BCUT2D eigenvalue weighted by atomic mass is 35.5. The van der Waals surface area contributed by atoms with Crippen LogP contribution in [0, 0.1) is 17.8 Å². The third kappa shape index (κ3) is 4.17. The first-order valence-electron chi connectivity index (χ1n) is 9.57. The Labute approximate surface area is 163 Å². The highest BCUT2D eigenvalue weighted by Gasteiger charge is 2.45. The van der Waals surface area contributed by atoms with Crippen molar-refractivity contribution in [3.8, 4) is 5.75 Å². The predicted octanol–water partition coefficient (Wildman–Crippen LogP) is 3.62. The second-order valence-corrected chi connectivity index (χ2v) is 8.73. The molecule has 0 radical (unpaired) electrons. The number of nitrogens with zero attached hydrogens (tertiary/aromatic N) is 1. The summed E-state index contributed by atoms with van der Waals surface area (Å²) in [6.45, 7) is 10.7. The predicted molar refractivity (Wildman–Crippen MR) is 108 cm³/mol. The topological polar surface area (TPSA) is 55.6 Å². The summed E-state index contributed by atoms with van der Waals surface area (Å²) in [5, 5.41) is 0. The molecule has 26 heavy (non-hydrogen) atoms. The van der Waals surface area contributed by atoms with Crippen molar-refractivity contribution in [3.63, 3.8) is 0 Å². The van der Waals surface area contributed by atoms with Gasteiger partial charge in [-0.05, 0) is 62.1 Å². The van der Waals surface area contributed by atoms with Crippen LogP contribution in [0.25, 0.3) is 0 Å². The minimum atomic E-state index is -0.528. The van der Waals surface area contributed by atoms with Crippen LogP contribution in [-0.4, -0.2) is 36.5 Å². The number of likely N-dealkylation sites (tertiary alicyclic amines) is 1. The van der Waals surface area contributed by atoms with Crippen molar-refractivity contribution in [1.29, 1.82) is 0 Å². The number of nitrogens with two attached hydrogens (primary N) is 1. The normalized spacial score (nSPS) is 25.2. The third-order valence-corrected chi connectivity index (χ3v) is 5.89. The van der Waals surface area contributed by atoms with Gasteiger partial charge in [0.1, 0.15) is 5.75 Å². The molecule has 0 aromatic heterocycles. The van der Waals surface area contributed by atoms with Crippen LogP contribution in [0.3, 0.4) is 0 Å². The van der Waals surface area contributed by atoms with Gasteiger partial charge in [-0.2, -0.15) is 0 Å². The van der Waals surface area contributed by atoms with Crippen LogP contribution in [-0.2, 0) is 10.2 Å². The van der Waals surface area contributed by atoms with E-state index in [0.717, 1.165) is 37.2 Å². The summed E-state index contributed by atoms with van der Waals surface area (Å²) in [5.74, 6) is 2.67. The lowest BCUT2D eigenvalue weighted by atomic mass is 9.83. The number of hydrogen-bond donors (Lipinski definition) is 1. The maximum Gasteiger partial charge on any atom is 0.232 e. The molecule has 1 aromatic rings. The smallest absolute Gasteiger partial charge is 0.232 e. The van der Waals surface area contributed by atoms with Crippen LogP contribution in [0.2, 0.25) is 0 Å². The molecule has 1 heterocycles. The second-order valence-electron chi connectivity index (χ2n) is 8.73. The van der Waals surface area contributed by atoms with Crippen molar-refractivity contribution < 1.29 is 9.53 Å². The largest absolute Gasteiger partial charge is 0.493 e. The number of carbonyl (C=O) groups is 1. The third-order valence-electron chi connectivity index (χ3n) is 5.89. The summed E-state index contributed by atoms with van der Waals surface area (Å²) >= 11 is 0. The lowest BCUT2D eigenvalue weighted by Gasteiger charge is -2.30. The standard InChI is InChI=1S/C21H32N2O2.ClH/c1-14(2)13-25-17-8-6-16(7-9-17)21(3,4)20(24)23-11-15-5-10-19(22)18(15)12-23;/h6-9,14-15,18-19H,5,10-13,22H2,1-4H3;1H. The van der Waals surface area contributed by atoms with Gasteiger partial charge in [0.25, 0.3) is 0 Å². The molecule has 1 amide bonds. The van der Waals surface area contributed by atoms with Crippen LogP contribution >= 0.6 is 12.4 Å². The van der Waals surface area contributed by atoms with Gasteiger partial charge in [-0.1, -0.05) is 26.0 Å². The van der Waals surface area contributed by atoms with E-state index >= 15 is 0 Å². The van der Waals surface area contributed by atoms with Gasteiger partial charge in [-0.15, -0.1) is 12.4 Å². The number of benzene rings is 1. The van der Waals surface area contributed by atoms with E-state index < -0.39 is 5.41 Å². The zero-order chi connectivity index (χ0) is 18.2. The van der Waals surface area contributed by atoms with Crippen molar-refractivity contribution in [2.24, 2.45) is 23.5 Å². The molecular formula is C21H33ClN2O2. The number of carbonyl (C=O) groups excluding carboxylic acids is 1. The molecule has 0 spiro atoms. The molecule has 1 saturated heterocycles. The van der Waals surface area contributed by atoms with E-state index in [4.69, 9.17) is 10.5 Å². The summed E-state index contributed by atoms with van der Waals surface area (Å²) in [5.41, 5.74) is 6.73. The molecule has 3 atom stereocenters. The Morgan fingerprint density at radius 1 is 1.23 bits per heavy atom. The molecule has 0 bridgehead atoms. The quantitative estimate of drug-likeness (QED) is 0.848. The monoisotopic (exact) mass is 380 g/mol. The van der Waals surface area contributed by atoms with Crippen molar-refractivity contribution >= 4 is 18.3 Å². The fraction of sp³-hybridized carbons (Fsp3) is 0.667. The molecule has 3 unspecified atom stereocenters. The molecule has 2 aliphatic rings. The number of halogens is 1. The summed E-state index contributed by atoms with van der Waals surface area (Å²) < 4.78 is 5.75. The minimum absolute atomic E-state index is 0. The molecule has 1 aromatic carbocycles. The molecule has 3 rings (SSSR count). The lowest BCUT2D eigenvalue weighted by molar-refractivity contribution is -0.135. The van der Waals surface area contributed by atoms with E-state index in [1.54, 1.807) is 0 Å². The SMILES string of the molecule is CC(C)COc1ccc(C(C)(C)C(=O)N2CC3CCC(N)C3C2)cc1.Cl. The van der Waals surface area contributed by atoms with Gasteiger partial charge in [0, 0.05) is 19.1 Å². The van der Waals surface area contributed by atoms with Gasteiger partial charge in [-0.3, -0.25) is 4.79 Å². The van der Waals surface area contributed by atoms with Crippen molar-refractivity contribution in [3.05, 3.63) is 29.8 Å². The van der Waals surface area contributed by atoms with Gasteiger partial charge < -0.3 is 15.4 Å². The van der Waals surface area contributed by atoms with Crippen LogP contribution in [0.5, 0.6) is 5.75 Å². The zero-order valence-electron chi connectivity index (χ0n) is 16.4. The fourth-order valence-electron chi connectivity index (χ4n) is 4.22. The van der Waals surface area contributed by atoms with Crippen LogP contribution in [0.1, 0.15) is 46.1 Å².